The fourth-order valence-corrected chi connectivity index (χ4v) is 0.715. The van der Waals surface area contributed by atoms with Gasteiger partial charge in [0.15, 0.2) is 0 Å². The van der Waals surface area contributed by atoms with E-state index in [1.165, 1.54) is 7.07 Å². The van der Waals surface area contributed by atoms with Crippen LogP contribution in [0, 0.1) is 0 Å². The van der Waals surface area contributed by atoms with Crippen molar-refractivity contribution >= 4 is 7.07 Å². The average Bonchev–Trinajstić information content (AvgIpc) is 1.88. The fraction of sp³-hybridized carbons (Fsp3) is 0.600. The molecule has 1 aliphatic rings. The Kier molecular flexibility index (Phi) is 1.92. The zero-order chi connectivity index (χ0) is 7.61. The molecule has 1 nitrogen and oxygen atoms in total. The van der Waals surface area contributed by atoms with Crippen molar-refractivity contribution in [1.29, 1.82) is 0 Å². The van der Waals surface area contributed by atoms with E-state index in [0.29, 0.717) is 0 Å². The predicted octanol–water partition coefficient (Wildman–Crippen LogP) is 1.79. The van der Waals surface area contributed by atoms with Gasteiger partial charge >= 0.3 is 55.8 Å². The Labute approximate surface area is 56.9 Å². The van der Waals surface area contributed by atoms with E-state index in [0.717, 1.165) is 6.08 Å². The molecular formula is C5H5BF3N. The first-order valence-corrected chi connectivity index (χ1v) is 2.85. The molecule has 0 amide bonds. The molecule has 1 rings (SSSR count). The standard InChI is InChI=1S/C5H5BF3N/c7-5(8,9)4-1-2-10-6-3-4/h1H,2-3H2. The Bertz CT molecular complexity index is 182. The zero-order valence-corrected chi connectivity index (χ0v) is 5.15. The molecule has 0 saturated heterocycles. The number of alkyl halides is 3. The van der Waals surface area contributed by atoms with E-state index in [4.69, 9.17) is 0 Å². The summed E-state index contributed by atoms with van der Waals surface area (Å²) in [5, 5.41) is 0. The van der Waals surface area contributed by atoms with Crippen LogP contribution >= 0.6 is 0 Å². The maximum absolute atomic E-state index is 11.8. The average molecular weight is 147 g/mol. The SMILES string of the molecule is FC(F)(F)C1=CCN=BC1. The van der Waals surface area contributed by atoms with Crippen molar-refractivity contribution in [3.05, 3.63) is 11.6 Å². The zero-order valence-electron chi connectivity index (χ0n) is 5.15. The normalized spacial score (nSPS) is 18.1. The Morgan fingerprint density at radius 1 is 1.50 bits per heavy atom. The third-order valence-electron chi connectivity index (χ3n) is 1.25. The van der Waals surface area contributed by atoms with Crippen LogP contribution in [0.25, 0.3) is 0 Å². The van der Waals surface area contributed by atoms with E-state index >= 15 is 0 Å². The molecule has 0 fully saturated rings. The van der Waals surface area contributed by atoms with Crippen LogP contribution < -0.4 is 0 Å². The molecule has 0 spiro atoms. The van der Waals surface area contributed by atoms with Crippen molar-refractivity contribution in [3.63, 3.8) is 0 Å². The summed E-state index contributed by atoms with van der Waals surface area (Å²) in [5.41, 5.74) is -0.484. The third kappa shape index (κ3) is 1.69. The third-order valence-corrected chi connectivity index (χ3v) is 1.25. The summed E-state index contributed by atoms with van der Waals surface area (Å²) in [7, 11) is 1.29. The van der Waals surface area contributed by atoms with Gasteiger partial charge in [0.25, 0.3) is 0 Å². The maximum atomic E-state index is 11.8. The number of allylic oxidation sites excluding steroid dienone is 1. The van der Waals surface area contributed by atoms with Crippen LogP contribution in [-0.2, 0) is 0 Å². The van der Waals surface area contributed by atoms with E-state index in [-0.39, 0.29) is 12.9 Å². The van der Waals surface area contributed by atoms with E-state index < -0.39 is 11.7 Å². The Hall–Kier alpha value is -0.605. The fourth-order valence-electron chi connectivity index (χ4n) is 0.715. The van der Waals surface area contributed by atoms with Gasteiger partial charge in [0.05, 0.1) is 0 Å². The van der Waals surface area contributed by atoms with E-state index in [1.54, 1.807) is 0 Å². The van der Waals surface area contributed by atoms with Crippen molar-refractivity contribution in [2.75, 3.05) is 6.54 Å². The van der Waals surface area contributed by atoms with Gasteiger partial charge in [-0.25, -0.2) is 0 Å². The van der Waals surface area contributed by atoms with E-state index in [2.05, 4.69) is 4.90 Å². The van der Waals surface area contributed by atoms with Gasteiger partial charge in [-0.2, -0.15) is 0 Å². The summed E-state index contributed by atoms with van der Waals surface area (Å²) in [6.45, 7) is 0.162. The first-order valence-electron chi connectivity index (χ1n) is 2.85. The quantitative estimate of drug-likeness (QED) is 0.365. The molecule has 0 bridgehead atoms. The molecule has 0 aromatic carbocycles. The second kappa shape index (κ2) is 2.56. The first-order chi connectivity index (χ1) is 4.61. The summed E-state index contributed by atoms with van der Waals surface area (Å²) in [4.78, 5) is 3.64. The van der Waals surface area contributed by atoms with Crippen molar-refractivity contribution < 1.29 is 13.2 Å². The van der Waals surface area contributed by atoms with Crippen molar-refractivity contribution in [3.8, 4) is 0 Å². The molecular weight excluding hydrogens is 142 g/mol. The molecule has 1 heterocycles. The van der Waals surface area contributed by atoms with Gasteiger partial charge in [-0.1, -0.05) is 0 Å². The molecule has 10 heavy (non-hydrogen) atoms. The van der Waals surface area contributed by atoms with Crippen LogP contribution in [0.4, 0.5) is 13.2 Å². The van der Waals surface area contributed by atoms with Gasteiger partial charge in [-0.3, -0.25) is 0 Å². The number of halogens is 3. The molecule has 5 heteroatoms. The second-order valence-corrected chi connectivity index (χ2v) is 1.98. The summed E-state index contributed by atoms with van der Waals surface area (Å²) < 4.78 is 35.4. The van der Waals surface area contributed by atoms with E-state index in [9.17, 15) is 13.2 Å². The van der Waals surface area contributed by atoms with Crippen LogP contribution in [-0.4, -0.2) is 19.8 Å². The van der Waals surface area contributed by atoms with Crippen LogP contribution in [0.3, 0.4) is 0 Å². The van der Waals surface area contributed by atoms with Gasteiger partial charge in [0.1, 0.15) is 0 Å². The summed E-state index contributed by atoms with van der Waals surface area (Å²) >= 11 is 0. The summed E-state index contributed by atoms with van der Waals surface area (Å²) in [6, 6.07) is 0. The van der Waals surface area contributed by atoms with Gasteiger partial charge < -0.3 is 0 Å². The molecule has 0 aromatic heterocycles. The van der Waals surface area contributed by atoms with Crippen LogP contribution in [0.15, 0.2) is 16.5 Å². The topological polar surface area (TPSA) is 12.4 Å². The van der Waals surface area contributed by atoms with Gasteiger partial charge in [-0.15, -0.1) is 0 Å². The summed E-state index contributed by atoms with van der Waals surface area (Å²) in [5.74, 6) is 0. The van der Waals surface area contributed by atoms with Gasteiger partial charge in [0.2, 0.25) is 0 Å². The van der Waals surface area contributed by atoms with Crippen LogP contribution in [0.5, 0.6) is 0 Å². The van der Waals surface area contributed by atoms with Crippen molar-refractivity contribution in [2.24, 2.45) is 4.90 Å². The number of hydrogen-bond donors (Lipinski definition) is 0. The molecule has 1 aliphatic heterocycles. The molecule has 0 N–H and O–H groups in total. The molecule has 0 unspecified atom stereocenters. The number of nitrogens with zero attached hydrogens (tertiary/aromatic N) is 1. The number of rotatable bonds is 0. The van der Waals surface area contributed by atoms with Crippen LogP contribution in [0.1, 0.15) is 0 Å². The molecule has 0 aliphatic carbocycles. The monoisotopic (exact) mass is 147 g/mol. The molecule has 0 radical (unpaired) electrons. The predicted molar refractivity (Wildman–Crippen MR) is 32.0 cm³/mol. The molecule has 0 saturated carbocycles. The van der Waals surface area contributed by atoms with Gasteiger partial charge in [0, 0.05) is 0 Å². The first kappa shape index (κ1) is 7.50. The van der Waals surface area contributed by atoms with E-state index in [1.807, 2.05) is 0 Å². The second-order valence-electron chi connectivity index (χ2n) is 1.98. The number of hydrogen-bond acceptors (Lipinski definition) is 1. The van der Waals surface area contributed by atoms with Crippen LogP contribution in [0.2, 0.25) is 6.32 Å². The van der Waals surface area contributed by atoms with Crippen molar-refractivity contribution in [1.82, 2.24) is 0 Å². The summed E-state index contributed by atoms with van der Waals surface area (Å²) in [6.07, 6.45) is -3.13. The minimum absolute atomic E-state index is 0.0799. The molecule has 54 valence electrons. The molecule has 0 aromatic rings. The Balaban J connectivity index is 2.65. The Morgan fingerprint density at radius 3 is 2.50 bits per heavy atom. The molecule has 0 atom stereocenters. The van der Waals surface area contributed by atoms with Gasteiger partial charge in [-0.05, 0) is 0 Å². The Morgan fingerprint density at radius 2 is 2.20 bits per heavy atom. The van der Waals surface area contributed by atoms with Crippen molar-refractivity contribution in [2.45, 2.75) is 12.5 Å². The minimum atomic E-state index is -4.16.